The smallest absolute Gasteiger partial charge is 0.164 e. The molecule has 0 aliphatic rings. The summed E-state index contributed by atoms with van der Waals surface area (Å²) < 4.78 is 12.3. The lowest BCUT2D eigenvalue weighted by atomic mass is 10.1. The lowest BCUT2D eigenvalue weighted by molar-refractivity contribution is 0.282. The molecule has 0 aliphatic heterocycles. The first-order chi connectivity index (χ1) is 9.19. The van der Waals surface area contributed by atoms with Crippen LogP contribution in [0.2, 0.25) is 0 Å². The number of rotatable bonds is 9. The average Bonchev–Trinajstić information content (AvgIpc) is 2.39. The normalized spacial score (nSPS) is 10.5. The standard InChI is InChI=1S/C16H25BrO2/c1-4-5-6-7-8-9-10-19-16-13(2)11-14(17)12-15(16)18-3/h11-12H,4-10H2,1-3H3. The summed E-state index contributed by atoms with van der Waals surface area (Å²) >= 11 is 3.47. The van der Waals surface area contributed by atoms with E-state index in [4.69, 9.17) is 9.47 Å². The van der Waals surface area contributed by atoms with Crippen LogP contribution in [0, 0.1) is 6.92 Å². The van der Waals surface area contributed by atoms with Gasteiger partial charge in [-0.05, 0) is 31.0 Å². The van der Waals surface area contributed by atoms with Gasteiger partial charge in [-0.1, -0.05) is 55.0 Å². The molecule has 108 valence electrons. The summed E-state index contributed by atoms with van der Waals surface area (Å²) in [6.07, 6.45) is 7.66. The summed E-state index contributed by atoms with van der Waals surface area (Å²) in [5, 5.41) is 0. The van der Waals surface area contributed by atoms with Crippen molar-refractivity contribution in [2.24, 2.45) is 0 Å². The molecule has 0 unspecified atom stereocenters. The Morgan fingerprint density at radius 3 is 2.42 bits per heavy atom. The Balaban J connectivity index is 2.36. The molecule has 0 fully saturated rings. The maximum Gasteiger partial charge on any atom is 0.164 e. The molecule has 0 amide bonds. The summed E-state index contributed by atoms with van der Waals surface area (Å²) in [6.45, 7) is 5.06. The van der Waals surface area contributed by atoms with Crippen molar-refractivity contribution in [1.29, 1.82) is 0 Å². The monoisotopic (exact) mass is 328 g/mol. The minimum Gasteiger partial charge on any atom is -0.493 e. The van der Waals surface area contributed by atoms with Gasteiger partial charge >= 0.3 is 0 Å². The van der Waals surface area contributed by atoms with Crippen LogP contribution in [0.25, 0.3) is 0 Å². The second-order valence-electron chi connectivity index (χ2n) is 4.87. The summed E-state index contributed by atoms with van der Waals surface area (Å²) in [5.74, 6) is 1.68. The quantitative estimate of drug-likeness (QED) is 0.557. The van der Waals surface area contributed by atoms with E-state index in [-0.39, 0.29) is 0 Å². The van der Waals surface area contributed by atoms with Gasteiger partial charge in [0.2, 0.25) is 0 Å². The molecule has 2 nitrogen and oxygen atoms in total. The second kappa shape index (κ2) is 9.24. The Kier molecular flexibility index (Phi) is 7.96. The van der Waals surface area contributed by atoms with E-state index in [1.807, 2.05) is 13.0 Å². The number of hydrogen-bond acceptors (Lipinski definition) is 2. The van der Waals surface area contributed by atoms with E-state index in [0.717, 1.165) is 34.6 Å². The van der Waals surface area contributed by atoms with Crippen LogP contribution >= 0.6 is 15.9 Å². The first kappa shape index (κ1) is 16.4. The third-order valence-electron chi connectivity index (χ3n) is 3.17. The molecule has 0 aromatic heterocycles. The molecule has 1 aromatic carbocycles. The number of aryl methyl sites for hydroxylation is 1. The van der Waals surface area contributed by atoms with Gasteiger partial charge in [-0.3, -0.25) is 0 Å². The molecular weight excluding hydrogens is 304 g/mol. The maximum absolute atomic E-state index is 5.87. The Morgan fingerprint density at radius 2 is 1.74 bits per heavy atom. The molecule has 1 rings (SSSR count). The van der Waals surface area contributed by atoms with Crippen molar-refractivity contribution in [3.05, 3.63) is 22.2 Å². The number of methoxy groups -OCH3 is 1. The molecular formula is C16H25BrO2. The minimum atomic E-state index is 0.769. The fraction of sp³-hybridized carbons (Fsp3) is 0.625. The number of halogens is 1. The van der Waals surface area contributed by atoms with Crippen molar-refractivity contribution in [2.75, 3.05) is 13.7 Å². The van der Waals surface area contributed by atoms with Crippen LogP contribution in [0.15, 0.2) is 16.6 Å². The molecule has 0 radical (unpaired) electrons. The van der Waals surface area contributed by atoms with Crippen molar-refractivity contribution in [3.63, 3.8) is 0 Å². The van der Waals surface area contributed by atoms with E-state index in [1.165, 1.54) is 32.1 Å². The van der Waals surface area contributed by atoms with Crippen LogP contribution in [-0.2, 0) is 0 Å². The van der Waals surface area contributed by atoms with Gasteiger partial charge in [0.15, 0.2) is 11.5 Å². The van der Waals surface area contributed by atoms with Gasteiger partial charge in [0, 0.05) is 4.47 Å². The van der Waals surface area contributed by atoms with Crippen molar-refractivity contribution in [1.82, 2.24) is 0 Å². The second-order valence-corrected chi connectivity index (χ2v) is 5.79. The first-order valence-electron chi connectivity index (χ1n) is 7.16. The Bertz CT molecular complexity index is 377. The van der Waals surface area contributed by atoms with Crippen molar-refractivity contribution in [2.45, 2.75) is 52.4 Å². The Hall–Kier alpha value is -0.700. The first-order valence-corrected chi connectivity index (χ1v) is 7.95. The van der Waals surface area contributed by atoms with Crippen LogP contribution < -0.4 is 9.47 Å². The lowest BCUT2D eigenvalue weighted by Crippen LogP contribution is -2.01. The van der Waals surface area contributed by atoms with Crippen LogP contribution in [0.1, 0.15) is 51.0 Å². The van der Waals surface area contributed by atoms with E-state index in [1.54, 1.807) is 7.11 Å². The molecule has 0 atom stereocenters. The fourth-order valence-electron chi connectivity index (χ4n) is 2.09. The highest BCUT2D eigenvalue weighted by molar-refractivity contribution is 9.10. The van der Waals surface area contributed by atoms with Crippen molar-refractivity contribution >= 4 is 15.9 Å². The number of hydrogen-bond donors (Lipinski definition) is 0. The van der Waals surface area contributed by atoms with E-state index < -0.39 is 0 Å². The fourth-order valence-corrected chi connectivity index (χ4v) is 2.64. The lowest BCUT2D eigenvalue weighted by Gasteiger charge is -2.13. The average molecular weight is 329 g/mol. The van der Waals surface area contributed by atoms with Crippen LogP contribution in [-0.4, -0.2) is 13.7 Å². The highest BCUT2D eigenvalue weighted by Gasteiger charge is 2.09. The molecule has 19 heavy (non-hydrogen) atoms. The Morgan fingerprint density at radius 1 is 1.05 bits per heavy atom. The summed E-state index contributed by atoms with van der Waals surface area (Å²) in [4.78, 5) is 0. The molecule has 3 heteroatoms. The topological polar surface area (TPSA) is 18.5 Å². The molecule has 0 saturated carbocycles. The largest absolute Gasteiger partial charge is 0.493 e. The zero-order chi connectivity index (χ0) is 14.1. The van der Waals surface area contributed by atoms with Crippen molar-refractivity contribution in [3.8, 4) is 11.5 Å². The third kappa shape index (κ3) is 5.85. The molecule has 0 spiro atoms. The van der Waals surface area contributed by atoms with E-state index in [0.29, 0.717) is 0 Å². The van der Waals surface area contributed by atoms with E-state index >= 15 is 0 Å². The predicted molar refractivity (Wildman–Crippen MR) is 84.3 cm³/mol. The van der Waals surface area contributed by atoms with Gasteiger partial charge in [-0.25, -0.2) is 0 Å². The zero-order valence-corrected chi connectivity index (χ0v) is 13.9. The van der Waals surface area contributed by atoms with Gasteiger partial charge in [-0.15, -0.1) is 0 Å². The van der Waals surface area contributed by atoms with Crippen molar-refractivity contribution < 1.29 is 9.47 Å². The molecule has 0 N–H and O–H groups in total. The summed E-state index contributed by atoms with van der Waals surface area (Å²) in [5.41, 5.74) is 1.11. The third-order valence-corrected chi connectivity index (χ3v) is 3.63. The molecule has 0 aliphatic carbocycles. The minimum absolute atomic E-state index is 0.769. The van der Waals surface area contributed by atoms with Gasteiger partial charge in [0.25, 0.3) is 0 Å². The van der Waals surface area contributed by atoms with Crippen LogP contribution in [0.4, 0.5) is 0 Å². The van der Waals surface area contributed by atoms with Gasteiger partial charge < -0.3 is 9.47 Å². The van der Waals surface area contributed by atoms with Crippen LogP contribution in [0.5, 0.6) is 11.5 Å². The van der Waals surface area contributed by atoms with Crippen LogP contribution in [0.3, 0.4) is 0 Å². The maximum atomic E-state index is 5.87. The predicted octanol–water partition coefficient (Wildman–Crippen LogP) is 5.51. The van der Waals surface area contributed by atoms with Gasteiger partial charge in [0.1, 0.15) is 0 Å². The summed E-state index contributed by atoms with van der Waals surface area (Å²) in [7, 11) is 1.68. The van der Waals surface area contributed by atoms with E-state index in [2.05, 4.69) is 28.9 Å². The molecule has 0 saturated heterocycles. The number of ether oxygens (including phenoxy) is 2. The molecule has 1 aromatic rings. The number of unbranched alkanes of at least 4 members (excludes halogenated alkanes) is 5. The molecule has 0 heterocycles. The molecule has 0 bridgehead atoms. The zero-order valence-electron chi connectivity index (χ0n) is 12.3. The van der Waals surface area contributed by atoms with Gasteiger partial charge in [0.05, 0.1) is 13.7 Å². The number of benzene rings is 1. The highest BCUT2D eigenvalue weighted by atomic mass is 79.9. The summed E-state index contributed by atoms with van der Waals surface area (Å²) in [6, 6.07) is 4.00. The van der Waals surface area contributed by atoms with E-state index in [9.17, 15) is 0 Å². The SMILES string of the molecule is CCCCCCCCOc1c(C)cc(Br)cc1OC. The van der Waals surface area contributed by atoms with Gasteiger partial charge in [-0.2, -0.15) is 0 Å². The Labute approximate surface area is 125 Å². The highest BCUT2D eigenvalue weighted by Crippen LogP contribution is 2.34.